The van der Waals surface area contributed by atoms with Gasteiger partial charge in [0.05, 0.1) is 29.1 Å². The van der Waals surface area contributed by atoms with E-state index >= 15 is 0 Å². The standard InChI is InChI=1S/C26H28N4O5S/c1-28-11-12-29(36(28,31)32)19-7-5-18(6-8-19)26-24(14-27)23-13-21(34-16-22-15-33-17-35-22)9-10-25(23)30(26)20-3-2-4-20/h5-10,13,20,22H,2-4,11-12,15-17H2,1H3. The van der Waals surface area contributed by atoms with Gasteiger partial charge in [0, 0.05) is 31.6 Å². The number of rotatable bonds is 6. The summed E-state index contributed by atoms with van der Waals surface area (Å²) in [7, 11) is -1.89. The molecule has 1 atom stereocenters. The van der Waals surface area contributed by atoms with Crippen molar-refractivity contribution in [2.45, 2.75) is 31.4 Å². The minimum atomic E-state index is -3.48. The number of hydrogen-bond acceptors (Lipinski definition) is 6. The van der Waals surface area contributed by atoms with Gasteiger partial charge in [0.2, 0.25) is 0 Å². The van der Waals surface area contributed by atoms with Crippen molar-refractivity contribution in [3.05, 3.63) is 48.0 Å². The number of ether oxygens (including phenoxy) is 3. The summed E-state index contributed by atoms with van der Waals surface area (Å²) < 4.78 is 46.9. The first-order valence-corrected chi connectivity index (χ1v) is 13.6. The van der Waals surface area contributed by atoms with Crippen LogP contribution in [0.15, 0.2) is 42.5 Å². The van der Waals surface area contributed by atoms with E-state index in [0.717, 1.165) is 41.4 Å². The quantitative estimate of drug-likeness (QED) is 0.504. The maximum absolute atomic E-state index is 12.6. The lowest BCUT2D eigenvalue weighted by Gasteiger charge is -2.30. The van der Waals surface area contributed by atoms with Crippen molar-refractivity contribution >= 4 is 26.8 Å². The SMILES string of the molecule is CN1CCN(c2ccc(-c3c(C#N)c4cc(OCC5COCO5)ccc4n3C3CCC3)cc2)S1(=O)=O. The Hall–Kier alpha value is -3.10. The molecule has 2 aromatic carbocycles. The van der Waals surface area contributed by atoms with Gasteiger partial charge < -0.3 is 18.8 Å². The first kappa shape index (κ1) is 23.3. The van der Waals surface area contributed by atoms with Crippen LogP contribution in [0.1, 0.15) is 30.9 Å². The van der Waals surface area contributed by atoms with Crippen molar-refractivity contribution in [1.82, 2.24) is 8.87 Å². The Morgan fingerprint density at radius 2 is 1.94 bits per heavy atom. The van der Waals surface area contributed by atoms with Crippen LogP contribution in [0.3, 0.4) is 0 Å². The molecule has 1 aromatic heterocycles. The third-order valence-electron chi connectivity index (χ3n) is 7.37. The van der Waals surface area contributed by atoms with Crippen LogP contribution in [0.4, 0.5) is 5.69 Å². The van der Waals surface area contributed by atoms with Gasteiger partial charge >= 0.3 is 10.2 Å². The van der Waals surface area contributed by atoms with E-state index in [-0.39, 0.29) is 6.10 Å². The van der Waals surface area contributed by atoms with Gasteiger partial charge in [-0.05, 0) is 55.2 Å². The summed E-state index contributed by atoms with van der Waals surface area (Å²) in [5, 5.41) is 11.1. The summed E-state index contributed by atoms with van der Waals surface area (Å²) in [6.45, 7) is 2.07. The van der Waals surface area contributed by atoms with Gasteiger partial charge in [-0.2, -0.15) is 18.0 Å². The van der Waals surface area contributed by atoms with Crippen LogP contribution in [0.2, 0.25) is 0 Å². The zero-order valence-electron chi connectivity index (χ0n) is 20.1. The molecule has 3 aliphatic rings. The maximum atomic E-state index is 12.6. The van der Waals surface area contributed by atoms with Crippen LogP contribution in [-0.2, 0) is 19.7 Å². The van der Waals surface area contributed by atoms with Crippen molar-refractivity contribution in [2.24, 2.45) is 0 Å². The van der Waals surface area contributed by atoms with Crippen molar-refractivity contribution in [3.63, 3.8) is 0 Å². The average molecular weight is 509 g/mol. The van der Waals surface area contributed by atoms with Crippen molar-refractivity contribution in [2.75, 3.05) is 44.4 Å². The second kappa shape index (κ2) is 9.09. The summed E-state index contributed by atoms with van der Waals surface area (Å²) in [4.78, 5) is 0. The molecule has 0 spiro atoms. The molecule has 9 nitrogen and oxygen atoms in total. The molecule has 2 aliphatic heterocycles. The number of nitrogens with zero attached hydrogens (tertiary/aromatic N) is 4. The maximum Gasteiger partial charge on any atom is 0.303 e. The third kappa shape index (κ3) is 3.83. The molecule has 1 aliphatic carbocycles. The lowest BCUT2D eigenvalue weighted by molar-refractivity contribution is 0.0320. The Balaban J connectivity index is 1.39. The van der Waals surface area contributed by atoms with Crippen molar-refractivity contribution < 1.29 is 22.6 Å². The van der Waals surface area contributed by atoms with Gasteiger partial charge in [-0.3, -0.25) is 4.31 Å². The summed E-state index contributed by atoms with van der Waals surface area (Å²) >= 11 is 0. The highest BCUT2D eigenvalue weighted by atomic mass is 32.2. The number of aromatic nitrogens is 1. The highest BCUT2D eigenvalue weighted by Crippen LogP contribution is 2.43. The number of fused-ring (bicyclic) bond motifs is 1. The van der Waals surface area contributed by atoms with Gasteiger partial charge in [-0.15, -0.1) is 0 Å². The predicted octanol–water partition coefficient (Wildman–Crippen LogP) is 3.65. The van der Waals surface area contributed by atoms with Crippen LogP contribution in [0.5, 0.6) is 5.75 Å². The molecule has 0 amide bonds. The minimum Gasteiger partial charge on any atom is -0.491 e. The van der Waals surface area contributed by atoms with Crippen LogP contribution < -0.4 is 9.04 Å². The van der Waals surface area contributed by atoms with E-state index in [1.807, 2.05) is 42.5 Å². The predicted molar refractivity (Wildman–Crippen MR) is 135 cm³/mol. The molecule has 0 radical (unpaired) electrons. The van der Waals surface area contributed by atoms with E-state index in [2.05, 4.69) is 10.6 Å². The summed E-state index contributed by atoms with van der Waals surface area (Å²) in [6, 6.07) is 16.2. The molecular weight excluding hydrogens is 480 g/mol. The fourth-order valence-electron chi connectivity index (χ4n) is 5.14. The Kier molecular flexibility index (Phi) is 5.88. The Labute approximate surface area is 210 Å². The molecule has 3 heterocycles. The van der Waals surface area contributed by atoms with E-state index in [0.29, 0.717) is 56.1 Å². The Morgan fingerprint density at radius 3 is 2.56 bits per heavy atom. The van der Waals surface area contributed by atoms with Crippen molar-refractivity contribution in [1.29, 1.82) is 5.26 Å². The molecule has 3 fully saturated rings. The van der Waals surface area contributed by atoms with E-state index in [1.165, 1.54) is 8.61 Å². The topological polar surface area (TPSA) is 97.0 Å². The summed E-state index contributed by atoms with van der Waals surface area (Å²) in [5.41, 5.74) is 4.00. The molecule has 188 valence electrons. The number of anilines is 1. The Morgan fingerprint density at radius 1 is 1.14 bits per heavy atom. The van der Waals surface area contributed by atoms with Crippen LogP contribution in [0, 0.1) is 11.3 Å². The number of hydrogen-bond donors (Lipinski definition) is 0. The molecule has 2 saturated heterocycles. The lowest BCUT2D eigenvalue weighted by Crippen LogP contribution is -2.30. The third-order valence-corrected chi connectivity index (χ3v) is 9.29. The second-order valence-electron chi connectivity index (χ2n) is 9.51. The normalized spacial score (nSPS) is 22.1. The fraction of sp³-hybridized carbons (Fsp3) is 0.423. The van der Waals surface area contributed by atoms with Crippen molar-refractivity contribution in [3.8, 4) is 23.1 Å². The molecule has 6 rings (SSSR count). The molecule has 1 saturated carbocycles. The zero-order chi connectivity index (χ0) is 24.9. The second-order valence-corrected chi connectivity index (χ2v) is 11.5. The van der Waals surface area contributed by atoms with E-state index < -0.39 is 10.2 Å². The lowest BCUT2D eigenvalue weighted by atomic mass is 9.92. The van der Waals surface area contributed by atoms with Gasteiger partial charge in [0.15, 0.2) is 0 Å². The molecule has 3 aromatic rings. The fourth-order valence-corrected chi connectivity index (χ4v) is 6.49. The summed E-state index contributed by atoms with van der Waals surface area (Å²) in [6.07, 6.45) is 3.20. The monoisotopic (exact) mass is 508 g/mol. The molecular formula is C26H28N4O5S. The van der Waals surface area contributed by atoms with E-state index in [9.17, 15) is 13.7 Å². The largest absolute Gasteiger partial charge is 0.491 e. The minimum absolute atomic E-state index is 0.0935. The smallest absolute Gasteiger partial charge is 0.303 e. The number of likely N-dealkylation sites (N-methyl/N-ethyl adjacent to an activating group) is 1. The summed E-state index contributed by atoms with van der Waals surface area (Å²) in [5.74, 6) is 0.686. The van der Waals surface area contributed by atoms with Crippen LogP contribution in [-0.4, -0.2) is 63.5 Å². The average Bonchev–Trinajstić information content (AvgIpc) is 3.54. The Bertz CT molecular complexity index is 1430. The molecule has 0 N–H and O–H groups in total. The molecule has 10 heteroatoms. The van der Waals surface area contributed by atoms with Crippen LogP contribution in [0.25, 0.3) is 22.2 Å². The molecule has 0 bridgehead atoms. The first-order chi connectivity index (χ1) is 17.5. The highest BCUT2D eigenvalue weighted by Gasteiger charge is 2.34. The van der Waals surface area contributed by atoms with Gasteiger partial charge in [-0.1, -0.05) is 12.1 Å². The van der Waals surface area contributed by atoms with Crippen LogP contribution >= 0.6 is 0 Å². The molecule has 1 unspecified atom stereocenters. The van der Waals surface area contributed by atoms with Gasteiger partial charge in [-0.25, -0.2) is 0 Å². The molecule has 36 heavy (non-hydrogen) atoms. The highest BCUT2D eigenvalue weighted by molar-refractivity contribution is 7.90. The zero-order valence-corrected chi connectivity index (χ0v) is 20.9. The van der Waals surface area contributed by atoms with Gasteiger partial charge in [0.25, 0.3) is 0 Å². The first-order valence-electron chi connectivity index (χ1n) is 12.2. The number of benzene rings is 2. The van der Waals surface area contributed by atoms with E-state index in [1.54, 1.807) is 7.05 Å². The van der Waals surface area contributed by atoms with Gasteiger partial charge in [0.1, 0.15) is 31.3 Å². The van der Waals surface area contributed by atoms with E-state index in [4.69, 9.17) is 14.2 Å². The number of nitriles is 1.